The molecule has 2 nitrogen and oxygen atoms in total. The number of aliphatic carboxylic acids is 1. The van der Waals surface area contributed by atoms with Crippen molar-refractivity contribution in [2.75, 3.05) is 0 Å². The molecule has 1 atom stereocenters. The van der Waals surface area contributed by atoms with Gasteiger partial charge in [0.25, 0.3) is 0 Å². The van der Waals surface area contributed by atoms with Crippen molar-refractivity contribution in [2.24, 2.45) is 5.92 Å². The van der Waals surface area contributed by atoms with Gasteiger partial charge in [0, 0.05) is 0 Å². The Hall–Kier alpha value is -2.09. The highest BCUT2D eigenvalue weighted by Crippen LogP contribution is 2.27. The number of carboxylic acid groups (broad SMARTS) is 1. The van der Waals surface area contributed by atoms with Crippen LogP contribution < -0.4 is 0 Å². The molecule has 2 aromatic rings. The number of hydrogen-bond acceptors (Lipinski definition) is 1. The van der Waals surface area contributed by atoms with Gasteiger partial charge in [-0.1, -0.05) is 49.4 Å². The first-order chi connectivity index (χ1) is 9.49. The first-order valence-corrected chi connectivity index (χ1v) is 6.87. The Balaban J connectivity index is 2.31. The average Bonchev–Trinajstić information content (AvgIpc) is 2.40. The third-order valence-corrected chi connectivity index (χ3v) is 3.69. The van der Waals surface area contributed by atoms with Gasteiger partial charge in [-0.05, 0) is 48.1 Å². The minimum atomic E-state index is -0.745. The highest BCUT2D eigenvalue weighted by atomic mass is 16.4. The van der Waals surface area contributed by atoms with Crippen LogP contribution in [0.2, 0.25) is 0 Å². The number of rotatable bonds is 4. The van der Waals surface area contributed by atoms with Gasteiger partial charge in [0.15, 0.2) is 0 Å². The van der Waals surface area contributed by atoms with Crippen molar-refractivity contribution in [1.29, 1.82) is 0 Å². The van der Waals surface area contributed by atoms with E-state index in [-0.39, 0.29) is 5.92 Å². The summed E-state index contributed by atoms with van der Waals surface area (Å²) in [7, 11) is 0. The van der Waals surface area contributed by atoms with Gasteiger partial charge in [-0.15, -0.1) is 0 Å². The van der Waals surface area contributed by atoms with Crippen LogP contribution in [0.5, 0.6) is 0 Å². The lowest BCUT2D eigenvalue weighted by atomic mass is 9.93. The van der Waals surface area contributed by atoms with Gasteiger partial charge in [-0.2, -0.15) is 0 Å². The molecule has 0 bridgehead atoms. The van der Waals surface area contributed by atoms with Crippen molar-refractivity contribution in [3.8, 4) is 11.1 Å². The summed E-state index contributed by atoms with van der Waals surface area (Å²) >= 11 is 0. The van der Waals surface area contributed by atoms with Crippen molar-refractivity contribution in [3.05, 3.63) is 59.2 Å². The van der Waals surface area contributed by atoms with Crippen LogP contribution >= 0.6 is 0 Å². The van der Waals surface area contributed by atoms with E-state index in [0.29, 0.717) is 6.42 Å². The van der Waals surface area contributed by atoms with E-state index in [2.05, 4.69) is 38.1 Å². The second-order valence-corrected chi connectivity index (χ2v) is 5.41. The van der Waals surface area contributed by atoms with Gasteiger partial charge in [-0.3, -0.25) is 4.79 Å². The molecule has 0 aliphatic carbocycles. The Bertz CT molecular complexity index is 629. The van der Waals surface area contributed by atoms with Crippen molar-refractivity contribution in [2.45, 2.75) is 27.2 Å². The maximum absolute atomic E-state index is 10.9. The summed E-state index contributed by atoms with van der Waals surface area (Å²) in [5, 5.41) is 8.98. The molecule has 0 saturated heterocycles. The van der Waals surface area contributed by atoms with Crippen LogP contribution in [0.4, 0.5) is 0 Å². The first kappa shape index (κ1) is 14.3. The molecular weight excluding hydrogens is 248 g/mol. The molecule has 0 aliphatic rings. The Morgan fingerprint density at radius 3 is 2.30 bits per heavy atom. The van der Waals surface area contributed by atoms with Crippen LogP contribution in [-0.4, -0.2) is 11.1 Å². The summed E-state index contributed by atoms with van der Waals surface area (Å²) in [6, 6.07) is 14.5. The average molecular weight is 268 g/mol. The molecule has 0 heterocycles. The zero-order chi connectivity index (χ0) is 14.7. The lowest BCUT2D eigenvalue weighted by Gasteiger charge is -2.12. The molecule has 0 fully saturated rings. The fraction of sp³-hybridized carbons (Fsp3) is 0.278. The van der Waals surface area contributed by atoms with E-state index >= 15 is 0 Å². The number of carboxylic acids is 1. The summed E-state index contributed by atoms with van der Waals surface area (Å²) in [4.78, 5) is 10.9. The van der Waals surface area contributed by atoms with Gasteiger partial charge in [0.05, 0.1) is 5.92 Å². The standard InChI is InChI=1S/C18H20O2/c1-12-6-4-5-7-16(12)17-9-8-15(10-13(17)2)11-14(3)18(19)20/h4-10,14H,11H2,1-3H3,(H,19,20)/t14-/m0/s1. The van der Waals surface area contributed by atoms with E-state index in [9.17, 15) is 4.79 Å². The molecule has 1 N–H and O–H groups in total. The monoisotopic (exact) mass is 268 g/mol. The second-order valence-electron chi connectivity index (χ2n) is 5.41. The third-order valence-electron chi connectivity index (χ3n) is 3.69. The van der Waals surface area contributed by atoms with E-state index in [4.69, 9.17) is 5.11 Å². The molecule has 2 rings (SSSR count). The van der Waals surface area contributed by atoms with Crippen molar-refractivity contribution in [3.63, 3.8) is 0 Å². The molecule has 0 unspecified atom stereocenters. The Labute approximate surface area is 120 Å². The van der Waals surface area contributed by atoms with Crippen molar-refractivity contribution in [1.82, 2.24) is 0 Å². The van der Waals surface area contributed by atoms with E-state index in [1.54, 1.807) is 6.92 Å². The number of aryl methyl sites for hydroxylation is 2. The van der Waals surface area contributed by atoms with Crippen LogP contribution in [-0.2, 0) is 11.2 Å². The number of hydrogen-bond donors (Lipinski definition) is 1. The smallest absolute Gasteiger partial charge is 0.306 e. The summed E-state index contributed by atoms with van der Waals surface area (Å²) in [6.45, 7) is 5.93. The largest absolute Gasteiger partial charge is 0.481 e. The molecule has 104 valence electrons. The zero-order valence-electron chi connectivity index (χ0n) is 12.2. The van der Waals surface area contributed by atoms with Crippen LogP contribution in [0.15, 0.2) is 42.5 Å². The zero-order valence-corrected chi connectivity index (χ0v) is 12.2. The maximum Gasteiger partial charge on any atom is 0.306 e. The summed E-state index contributed by atoms with van der Waals surface area (Å²) in [6.07, 6.45) is 0.574. The van der Waals surface area contributed by atoms with Crippen molar-refractivity contribution < 1.29 is 9.90 Å². The molecule has 2 heteroatoms. The lowest BCUT2D eigenvalue weighted by Crippen LogP contribution is -2.12. The van der Waals surface area contributed by atoms with Gasteiger partial charge in [0.2, 0.25) is 0 Å². The summed E-state index contributed by atoms with van der Waals surface area (Å²) < 4.78 is 0. The Morgan fingerprint density at radius 2 is 1.70 bits per heavy atom. The van der Waals surface area contributed by atoms with Gasteiger partial charge >= 0.3 is 5.97 Å². The maximum atomic E-state index is 10.9. The van der Waals surface area contributed by atoms with E-state index in [0.717, 1.165) is 5.56 Å². The van der Waals surface area contributed by atoms with Crippen LogP contribution in [0.1, 0.15) is 23.6 Å². The summed E-state index contributed by atoms with van der Waals surface area (Å²) in [5.41, 5.74) is 5.98. The second kappa shape index (κ2) is 5.91. The van der Waals surface area contributed by atoms with Crippen LogP contribution in [0.25, 0.3) is 11.1 Å². The molecule has 0 radical (unpaired) electrons. The lowest BCUT2D eigenvalue weighted by molar-refractivity contribution is -0.141. The van der Waals surface area contributed by atoms with E-state index < -0.39 is 5.97 Å². The minimum Gasteiger partial charge on any atom is -0.481 e. The predicted octanol–water partition coefficient (Wildman–Crippen LogP) is 4.23. The minimum absolute atomic E-state index is 0.348. The Kier molecular flexibility index (Phi) is 4.23. The quantitative estimate of drug-likeness (QED) is 0.900. The fourth-order valence-corrected chi connectivity index (χ4v) is 2.47. The molecular formula is C18H20O2. The molecule has 20 heavy (non-hydrogen) atoms. The fourth-order valence-electron chi connectivity index (χ4n) is 2.47. The molecule has 2 aromatic carbocycles. The number of benzene rings is 2. The van der Waals surface area contributed by atoms with Gasteiger partial charge in [-0.25, -0.2) is 0 Å². The molecule has 0 aromatic heterocycles. The molecule has 0 amide bonds. The van der Waals surface area contributed by atoms with Gasteiger partial charge in [0.1, 0.15) is 0 Å². The van der Waals surface area contributed by atoms with E-state index in [1.807, 2.05) is 18.2 Å². The highest BCUT2D eigenvalue weighted by molar-refractivity contribution is 5.72. The van der Waals surface area contributed by atoms with Crippen LogP contribution in [0, 0.1) is 19.8 Å². The molecule has 0 spiro atoms. The topological polar surface area (TPSA) is 37.3 Å². The molecule has 0 aliphatic heterocycles. The Morgan fingerprint density at radius 1 is 1.05 bits per heavy atom. The first-order valence-electron chi connectivity index (χ1n) is 6.87. The SMILES string of the molecule is Cc1ccccc1-c1ccc(C[C@H](C)C(=O)O)cc1C. The normalized spacial score (nSPS) is 12.2. The highest BCUT2D eigenvalue weighted by Gasteiger charge is 2.12. The van der Waals surface area contributed by atoms with Crippen LogP contribution in [0.3, 0.4) is 0 Å². The van der Waals surface area contributed by atoms with E-state index in [1.165, 1.54) is 22.3 Å². The molecule has 0 saturated carbocycles. The van der Waals surface area contributed by atoms with Crippen molar-refractivity contribution >= 4 is 5.97 Å². The number of carbonyl (C=O) groups is 1. The predicted molar refractivity (Wildman–Crippen MR) is 81.9 cm³/mol. The van der Waals surface area contributed by atoms with Gasteiger partial charge < -0.3 is 5.11 Å². The summed E-state index contributed by atoms with van der Waals surface area (Å²) in [5.74, 6) is -1.09. The third kappa shape index (κ3) is 3.08.